The molecule has 0 N–H and O–H groups in total. The highest BCUT2D eigenvalue weighted by atomic mass is 15.2. The molecule has 11 aromatic rings. The molecule has 3 nitrogen and oxygen atoms in total. The Labute approximate surface area is 336 Å². The molecule has 9 aromatic carbocycles. The van der Waals surface area contributed by atoms with E-state index in [2.05, 4.69) is 220 Å². The molecule has 0 unspecified atom stereocenters. The van der Waals surface area contributed by atoms with Gasteiger partial charge in [0.25, 0.3) is 6.71 Å². The van der Waals surface area contributed by atoms with Crippen LogP contribution in [-0.4, -0.2) is 15.8 Å². The molecule has 4 heterocycles. The van der Waals surface area contributed by atoms with E-state index in [0.717, 1.165) is 0 Å². The molecule has 0 amide bonds. The van der Waals surface area contributed by atoms with Crippen LogP contribution in [0.5, 0.6) is 0 Å². The van der Waals surface area contributed by atoms with E-state index >= 15 is 0 Å². The van der Waals surface area contributed by atoms with E-state index in [0.29, 0.717) is 0 Å². The zero-order valence-corrected chi connectivity index (χ0v) is 31.5. The smallest absolute Gasteiger partial charge is 0.252 e. The van der Waals surface area contributed by atoms with Crippen molar-refractivity contribution in [3.05, 3.63) is 206 Å². The van der Waals surface area contributed by atoms with E-state index in [4.69, 9.17) is 0 Å². The predicted octanol–water partition coefficient (Wildman–Crippen LogP) is 11.8. The van der Waals surface area contributed by atoms with Crippen LogP contribution < -0.4 is 21.3 Å². The molecule has 4 heteroatoms. The molecule has 2 aliphatic rings. The first-order valence-corrected chi connectivity index (χ1v) is 20.2. The third-order valence-corrected chi connectivity index (χ3v) is 12.7. The average molecular weight is 736 g/mol. The van der Waals surface area contributed by atoms with E-state index in [9.17, 15) is 0 Å². The van der Waals surface area contributed by atoms with Gasteiger partial charge in [0.1, 0.15) is 0 Å². The molecule has 0 bridgehead atoms. The molecule has 2 aliphatic heterocycles. The molecular formula is C54H34BN3. The molecule has 268 valence electrons. The number of nitrogens with zero attached hydrogens (tertiary/aromatic N) is 3. The quantitative estimate of drug-likeness (QED) is 0.164. The zero-order valence-electron chi connectivity index (χ0n) is 31.5. The number of hydrogen-bond donors (Lipinski definition) is 0. The SMILES string of the molecule is c1ccc(-c2cccc(-c3ccccc3)c2-n2c3ccccc3c3cc4c5cccc6c5n(c4cc32)-c2cccc3c2B6c2ccccc2N3c2ccccc2)cc1. The van der Waals surface area contributed by atoms with Crippen LogP contribution >= 0.6 is 0 Å². The van der Waals surface area contributed by atoms with E-state index < -0.39 is 0 Å². The second-order valence-electron chi connectivity index (χ2n) is 15.6. The third-order valence-electron chi connectivity index (χ3n) is 12.7. The molecule has 0 aliphatic carbocycles. The third kappa shape index (κ3) is 4.24. The highest BCUT2D eigenvalue weighted by Gasteiger charge is 2.41. The molecule has 0 atom stereocenters. The van der Waals surface area contributed by atoms with Crippen LogP contribution in [0.25, 0.3) is 77.2 Å². The lowest BCUT2D eigenvalue weighted by molar-refractivity contribution is 1.16. The first-order chi connectivity index (χ1) is 28.8. The van der Waals surface area contributed by atoms with Crippen molar-refractivity contribution < 1.29 is 0 Å². The van der Waals surface area contributed by atoms with Crippen molar-refractivity contribution in [2.45, 2.75) is 0 Å². The summed E-state index contributed by atoms with van der Waals surface area (Å²) in [7, 11) is 0. The molecule has 0 spiro atoms. The van der Waals surface area contributed by atoms with Crippen molar-refractivity contribution in [3.63, 3.8) is 0 Å². The molecule has 13 rings (SSSR count). The fourth-order valence-electron chi connectivity index (χ4n) is 10.4. The Bertz CT molecular complexity index is 3400. The van der Waals surface area contributed by atoms with E-state index in [-0.39, 0.29) is 6.71 Å². The van der Waals surface area contributed by atoms with Crippen LogP contribution in [0.1, 0.15) is 0 Å². The summed E-state index contributed by atoms with van der Waals surface area (Å²) >= 11 is 0. The first kappa shape index (κ1) is 31.6. The van der Waals surface area contributed by atoms with E-state index in [1.807, 2.05) is 0 Å². The molecule has 0 radical (unpaired) electrons. The highest BCUT2D eigenvalue weighted by Crippen LogP contribution is 2.45. The number of fused-ring (bicyclic) bond motifs is 10. The Morgan fingerprint density at radius 2 is 0.897 bits per heavy atom. The van der Waals surface area contributed by atoms with Gasteiger partial charge < -0.3 is 14.0 Å². The largest absolute Gasteiger partial charge is 0.311 e. The number of para-hydroxylation sites is 5. The van der Waals surface area contributed by atoms with Crippen LogP contribution in [0.2, 0.25) is 0 Å². The minimum Gasteiger partial charge on any atom is -0.311 e. The van der Waals surface area contributed by atoms with Crippen molar-refractivity contribution in [3.8, 4) is 33.6 Å². The fourth-order valence-corrected chi connectivity index (χ4v) is 10.4. The Kier molecular flexibility index (Phi) is 6.53. The molecular weight excluding hydrogens is 701 g/mol. The lowest BCUT2D eigenvalue weighted by atomic mass is 9.34. The summed E-state index contributed by atoms with van der Waals surface area (Å²) in [4.78, 5) is 2.46. The summed E-state index contributed by atoms with van der Waals surface area (Å²) in [5.41, 5.74) is 19.8. The number of rotatable bonds is 4. The highest BCUT2D eigenvalue weighted by molar-refractivity contribution is 7.00. The second kappa shape index (κ2) is 12.0. The van der Waals surface area contributed by atoms with Gasteiger partial charge in [-0.1, -0.05) is 158 Å². The van der Waals surface area contributed by atoms with E-state index in [1.165, 1.54) is 111 Å². The van der Waals surface area contributed by atoms with Crippen LogP contribution in [0, 0.1) is 0 Å². The molecule has 0 saturated carbocycles. The van der Waals surface area contributed by atoms with Gasteiger partial charge in [0.05, 0.1) is 22.2 Å². The van der Waals surface area contributed by atoms with Gasteiger partial charge in [0.2, 0.25) is 0 Å². The van der Waals surface area contributed by atoms with Crippen LogP contribution in [0.15, 0.2) is 206 Å². The maximum absolute atomic E-state index is 2.58. The standard InChI is InChI=1S/C54H34BN3/c1-4-17-35(18-5-1)38-24-14-25-39(36-19-6-2-7-20-36)53(38)57-46-29-12-10-23-40(46)42-33-43-41-26-15-28-45-54(41)58(51(43)34-50(42)57)49-32-16-31-48-52(49)55(45)44-27-11-13-30-47(44)56(48)37-21-8-3-9-22-37/h1-34H. The molecule has 58 heavy (non-hydrogen) atoms. The maximum atomic E-state index is 2.58. The van der Waals surface area contributed by atoms with Gasteiger partial charge in [-0.05, 0) is 76.0 Å². The summed E-state index contributed by atoms with van der Waals surface area (Å²) in [5.74, 6) is 0. The van der Waals surface area contributed by atoms with Crippen molar-refractivity contribution in [2.24, 2.45) is 0 Å². The Morgan fingerprint density at radius 1 is 0.345 bits per heavy atom. The van der Waals surface area contributed by atoms with Gasteiger partial charge in [-0.3, -0.25) is 0 Å². The first-order valence-electron chi connectivity index (χ1n) is 20.2. The second-order valence-corrected chi connectivity index (χ2v) is 15.6. The Morgan fingerprint density at radius 3 is 1.67 bits per heavy atom. The minimum absolute atomic E-state index is 0.109. The van der Waals surface area contributed by atoms with Gasteiger partial charge in [0.15, 0.2) is 0 Å². The van der Waals surface area contributed by atoms with Crippen molar-refractivity contribution >= 4 is 83.8 Å². The lowest BCUT2D eigenvalue weighted by Crippen LogP contribution is -2.60. The number of hydrogen-bond acceptors (Lipinski definition) is 1. The zero-order chi connectivity index (χ0) is 37.9. The molecule has 2 aromatic heterocycles. The van der Waals surface area contributed by atoms with Crippen molar-refractivity contribution in [2.75, 3.05) is 4.90 Å². The van der Waals surface area contributed by atoms with Gasteiger partial charge in [0, 0.05) is 60.9 Å². The minimum atomic E-state index is 0.109. The summed E-state index contributed by atoms with van der Waals surface area (Å²) in [6.45, 7) is 0.109. The predicted molar refractivity (Wildman–Crippen MR) is 245 cm³/mol. The summed E-state index contributed by atoms with van der Waals surface area (Å²) in [5, 5.41) is 5.07. The fraction of sp³-hybridized carbons (Fsp3) is 0. The normalized spacial score (nSPS) is 12.8. The van der Waals surface area contributed by atoms with Gasteiger partial charge >= 0.3 is 0 Å². The lowest BCUT2D eigenvalue weighted by Gasteiger charge is -2.40. The summed E-state index contributed by atoms with van der Waals surface area (Å²) < 4.78 is 5.12. The van der Waals surface area contributed by atoms with Crippen LogP contribution in [0.3, 0.4) is 0 Å². The van der Waals surface area contributed by atoms with Crippen LogP contribution in [-0.2, 0) is 0 Å². The van der Waals surface area contributed by atoms with Crippen molar-refractivity contribution in [1.29, 1.82) is 0 Å². The molecule has 0 saturated heterocycles. The van der Waals surface area contributed by atoms with Crippen LogP contribution in [0.4, 0.5) is 17.1 Å². The van der Waals surface area contributed by atoms with Gasteiger partial charge in [-0.2, -0.15) is 0 Å². The Hall–Kier alpha value is -7.56. The monoisotopic (exact) mass is 735 g/mol. The van der Waals surface area contributed by atoms with E-state index in [1.54, 1.807) is 0 Å². The number of benzene rings is 9. The number of aromatic nitrogens is 2. The summed E-state index contributed by atoms with van der Waals surface area (Å²) in [6.07, 6.45) is 0. The topological polar surface area (TPSA) is 13.1 Å². The summed E-state index contributed by atoms with van der Waals surface area (Å²) in [6, 6.07) is 76.1. The Balaban J connectivity index is 1.17. The van der Waals surface area contributed by atoms with Gasteiger partial charge in [-0.25, -0.2) is 0 Å². The molecule has 0 fully saturated rings. The maximum Gasteiger partial charge on any atom is 0.252 e. The van der Waals surface area contributed by atoms with Gasteiger partial charge in [-0.15, -0.1) is 0 Å². The number of anilines is 3. The average Bonchev–Trinajstić information content (AvgIpc) is 3.80. The van der Waals surface area contributed by atoms with Crippen molar-refractivity contribution in [1.82, 2.24) is 9.13 Å².